The predicted molar refractivity (Wildman–Crippen MR) is 120 cm³/mol. The van der Waals surface area contributed by atoms with E-state index in [1.54, 1.807) is 0 Å². The van der Waals surface area contributed by atoms with Gasteiger partial charge in [-0.1, -0.05) is 54.1 Å². The molecule has 156 valence electrons. The standard InChI is InChI=1S/C23H28N6O/c1-17(2)10-13-29-21(26-27-23(29)28-14-11-24-12-15-28)22(30)25-16-19-8-5-7-18-6-3-4-9-20(18)19/h3-10,24H,11-16H2,1-2H3,(H,25,30). The minimum atomic E-state index is -0.209. The predicted octanol–water partition coefficient (Wildman–Crippen LogP) is 2.74. The Hall–Kier alpha value is -3.19. The molecule has 0 bridgehead atoms. The van der Waals surface area contributed by atoms with Gasteiger partial charge >= 0.3 is 0 Å². The summed E-state index contributed by atoms with van der Waals surface area (Å²) < 4.78 is 1.91. The van der Waals surface area contributed by atoms with Crippen LogP contribution in [0.5, 0.6) is 0 Å². The van der Waals surface area contributed by atoms with Gasteiger partial charge in [-0.25, -0.2) is 0 Å². The highest BCUT2D eigenvalue weighted by atomic mass is 16.2. The highest BCUT2D eigenvalue weighted by Crippen LogP contribution is 2.19. The van der Waals surface area contributed by atoms with Crippen molar-refractivity contribution in [2.24, 2.45) is 0 Å². The first kappa shape index (κ1) is 20.1. The van der Waals surface area contributed by atoms with Crippen molar-refractivity contribution in [2.45, 2.75) is 26.9 Å². The number of rotatable bonds is 6. The van der Waals surface area contributed by atoms with E-state index in [2.05, 4.69) is 63.9 Å². The van der Waals surface area contributed by atoms with Crippen molar-refractivity contribution in [3.8, 4) is 0 Å². The smallest absolute Gasteiger partial charge is 0.289 e. The van der Waals surface area contributed by atoms with Crippen LogP contribution in [0, 0.1) is 0 Å². The zero-order valence-corrected chi connectivity index (χ0v) is 17.6. The Bertz CT molecular complexity index is 1060. The van der Waals surface area contributed by atoms with E-state index >= 15 is 0 Å². The summed E-state index contributed by atoms with van der Waals surface area (Å²) in [6.07, 6.45) is 2.09. The second-order valence-electron chi connectivity index (χ2n) is 7.77. The highest BCUT2D eigenvalue weighted by Gasteiger charge is 2.23. The fraction of sp³-hybridized carbons (Fsp3) is 0.348. The van der Waals surface area contributed by atoms with Gasteiger partial charge in [-0.05, 0) is 30.2 Å². The largest absolute Gasteiger partial charge is 0.345 e. The highest BCUT2D eigenvalue weighted by molar-refractivity contribution is 5.92. The van der Waals surface area contributed by atoms with E-state index in [0.717, 1.165) is 48.5 Å². The van der Waals surface area contributed by atoms with Crippen LogP contribution in [0.3, 0.4) is 0 Å². The second kappa shape index (κ2) is 9.09. The zero-order chi connectivity index (χ0) is 20.9. The molecule has 2 N–H and O–H groups in total. The van der Waals surface area contributed by atoms with Crippen molar-refractivity contribution < 1.29 is 4.79 Å². The Morgan fingerprint density at radius 2 is 1.87 bits per heavy atom. The fourth-order valence-electron chi connectivity index (χ4n) is 3.70. The molecule has 1 amide bonds. The third-order valence-corrected chi connectivity index (χ3v) is 5.34. The first-order valence-electron chi connectivity index (χ1n) is 10.4. The van der Waals surface area contributed by atoms with E-state index in [4.69, 9.17) is 0 Å². The van der Waals surface area contributed by atoms with Gasteiger partial charge in [0.2, 0.25) is 11.8 Å². The molecule has 1 saturated heterocycles. The summed E-state index contributed by atoms with van der Waals surface area (Å²) in [5.41, 5.74) is 2.27. The number of carbonyl (C=O) groups is 1. The normalized spacial score (nSPS) is 14.0. The molecule has 4 rings (SSSR count). The molecule has 2 heterocycles. The van der Waals surface area contributed by atoms with Gasteiger partial charge in [-0.2, -0.15) is 0 Å². The van der Waals surface area contributed by atoms with Crippen molar-refractivity contribution in [1.82, 2.24) is 25.4 Å². The molecule has 7 heteroatoms. The Labute approximate surface area is 176 Å². The van der Waals surface area contributed by atoms with Crippen LogP contribution in [0.15, 0.2) is 54.1 Å². The number of anilines is 1. The van der Waals surface area contributed by atoms with Gasteiger partial charge < -0.3 is 15.5 Å². The molecule has 0 spiro atoms. The van der Waals surface area contributed by atoms with Crippen LogP contribution >= 0.6 is 0 Å². The molecule has 3 aromatic rings. The molecule has 0 aliphatic carbocycles. The third-order valence-electron chi connectivity index (χ3n) is 5.34. The summed E-state index contributed by atoms with van der Waals surface area (Å²) in [4.78, 5) is 15.2. The summed E-state index contributed by atoms with van der Waals surface area (Å²) in [5, 5.41) is 17.3. The maximum absolute atomic E-state index is 13.0. The van der Waals surface area contributed by atoms with Crippen LogP contribution in [0.4, 0.5) is 5.95 Å². The number of nitrogens with zero attached hydrogens (tertiary/aromatic N) is 4. The van der Waals surface area contributed by atoms with Gasteiger partial charge in [0.05, 0.1) is 0 Å². The molecule has 2 aromatic carbocycles. The van der Waals surface area contributed by atoms with Crippen LogP contribution in [0.2, 0.25) is 0 Å². The molecule has 0 atom stereocenters. The van der Waals surface area contributed by atoms with Gasteiger partial charge in [0.25, 0.3) is 5.91 Å². The third kappa shape index (κ3) is 4.36. The molecule has 0 saturated carbocycles. The summed E-state index contributed by atoms with van der Waals surface area (Å²) >= 11 is 0. The average Bonchev–Trinajstić information content (AvgIpc) is 3.20. The molecular weight excluding hydrogens is 376 g/mol. The molecule has 0 unspecified atom stereocenters. The van der Waals surface area contributed by atoms with E-state index in [1.807, 2.05) is 28.8 Å². The van der Waals surface area contributed by atoms with Gasteiger partial charge in [0.15, 0.2) is 0 Å². The fourth-order valence-corrected chi connectivity index (χ4v) is 3.70. The Morgan fingerprint density at radius 1 is 1.10 bits per heavy atom. The summed E-state index contributed by atoms with van der Waals surface area (Å²) in [6, 6.07) is 14.3. The quantitative estimate of drug-likeness (QED) is 0.618. The van der Waals surface area contributed by atoms with Crippen LogP contribution in [-0.2, 0) is 13.1 Å². The summed E-state index contributed by atoms with van der Waals surface area (Å²) in [6.45, 7) is 8.62. The van der Waals surface area contributed by atoms with Crippen molar-refractivity contribution in [3.63, 3.8) is 0 Å². The number of hydrogen-bond acceptors (Lipinski definition) is 5. The molecule has 1 fully saturated rings. The van der Waals surface area contributed by atoms with Crippen LogP contribution < -0.4 is 15.5 Å². The first-order valence-corrected chi connectivity index (χ1v) is 10.4. The number of benzene rings is 2. The van der Waals surface area contributed by atoms with Gasteiger partial charge in [0.1, 0.15) is 0 Å². The molecular formula is C23H28N6O. The number of aromatic nitrogens is 3. The molecule has 1 aromatic heterocycles. The number of fused-ring (bicyclic) bond motifs is 1. The van der Waals surface area contributed by atoms with E-state index in [-0.39, 0.29) is 5.91 Å². The topological polar surface area (TPSA) is 75.1 Å². The number of piperazine rings is 1. The van der Waals surface area contributed by atoms with Crippen LogP contribution in [0.1, 0.15) is 30.0 Å². The Balaban J connectivity index is 1.56. The maximum Gasteiger partial charge on any atom is 0.289 e. The van der Waals surface area contributed by atoms with Crippen LogP contribution in [-0.4, -0.2) is 46.9 Å². The Morgan fingerprint density at radius 3 is 2.67 bits per heavy atom. The second-order valence-corrected chi connectivity index (χ2v) is 7.77. The van der Waals surface area contributed by atoms with Crippen LogP contribution in [0.25, 0.3) is 10.8 Å². The van der Waals surface area contributed by atoms with Crippen molar-refractivity contribution >= 4 is 22.6 Å². The SMILES string of the molecule is CC(C)=CCn1c(C(=O)NCc2cccc3ccccc23)nnc1N1CCNCC1. The number of carbonyl (C=O) groups excluding carboxylic acids is 1. The Kier molecular flexibility index (Phi) is 6.09. The van der Waals surface area contributed by atoms with E-state index in [9.17, 15) is 4.79 Å². The number of amides is 1. The molecule has 0 radical (unpaired) electrons. The van der Waals surface area contributed by atoms with Crippen molar-refractivity contribution in [3.05, 3.63) is 65.5 Å². The lowest BCUT2D eigenvalue weighted by Gasteiger charge is -2.28. The number of allylic oxidation sites excluding steroid dienone is 2. The first-order chi connectivity index (χ1) is 14.6. The minimum Gasteiger partial charge on any atom is -0.345 e. The van der Waals surface area contributed by atoms with Gasteiger partial charge in [-0.3, -0.25) is 9.36 Å². The minimum absolute atomic E-state index is 0.209. The molecule has 7 nitrogen and oxygen atoms in total. The average molecular weight is 405 g/mol. The number of hydrogen-bond donors (Lipinski definition) is 2. The van der Waals surface area contributed by atoms with E-state index < -0.39 is 0 Å². The monoisotopic (exact) mass is 404 g/mol. The molecule has 1 aliphatic rings. The van der Waals surface area contributed by atoms with Crippen molar-refractivity contribution in [2.75, 3.05) is 31.1 Å². The van der Waals surface area contributed by atoms with E-state index in [1.165, 1.54) is 5.57 Å². The van der Waals surface area contributed by atoms with Gasteiger partial charge in [0, 0.05) is 39.3 Å². The van der Waals surface area contributed by atoms with E-state index in [0.29, 0.717) is 18.9 Å². The number of nitrogens with one attached hydrogen (secondary N) is 2. The zero-order valence-electron chi connectivity index (χ0n) is 17.6. The lowest BCUT2D eigenvalue weighted by Crippen LogP contribution is -2.44. The van der Waals surface area contributed by atoms with Gasteiger partial charge in [-0.15, -0.1) is 10.2 Å². The lowest BCUT2D eigenvalue weighted by atomic mass is 10.0. The summed E-state index contributed by atoms with van der Waals surface area (Å²) in [7, 11) is 0. The molecule has 30 heavy (non-hydrogen) atoms. The molecule has 1 aliphatic heterocycles. The summed E-state index contributed by atoms with van der Waals surface area (Å²) in [5.74, 6) is 0.893. The van der Waals surface area contributed by atoms with Crippen molar-refractivity contribution in [1.29, 1.82) is 0 Å². The lowest BCUT2D eigenvalue weighted by molar-refractivity contribution is 0.0936. The maximum atomic E-state index is 13.0.